The number of hydrogen-bond donors (Lipinski definition) is 1. The highest BCUT2D eigenvalue weighted by Gasteiger charge is 2.15. The van der Waals surface area contributed by atoms with Gasteiger partial charge in [0.15, 0.2) is 0 Å². The van der Waals surface area contributed by atoms with Crippen LogP contribution in [0.2, 0.25) is 0 Å². The fourth-order valence-electron chi connectivity index (χ4n) is 1.51. The van der Waals surface area contributed by atoms with Gasteiger partial charge in [-0.1, -0.05) is 0 Å². The molecule has 0 aliphatic rings. The van der Waals surface area contributed by atoms with E-state index in [2.05, 4.69) is 14.8 Å². The molecule has 6 heteroatoms. The van der Waals surface area contributed by atoms with Crippen molar-refractivity contribution in [3.8, 4) is 0 Å². The summed E-state index contributed by atoms with van der Waals surface area (Å²) < 4.78 is 9.33. The molecule has 0 bridgehead atoms. The van der Waals surface area contributed by atoms with Crippen LogP contribution in [-0.4, -0.2) is 38.6 Å². The van der Waals surface area contributed by atoms with E-state index in [4.69, 9.17) is 11.6 Å². The lowest BCUT2D eigenvalue weighted by Crippen LogP contribution is -2.11. The van der Waals surface area contributed by atoms with Crippen LogP contribution in [0.1, 0.15) is 27.1 Å². The molecule has 0 aliphatic carbocycles. The van der Waals surface area contributed by atoms with Crippen LogP contribution in [-0.2, 0) is 9.47 Å². The molecule has 0 unspecified atom stereocenters. The van der Waals surface area contributed by atoms with Gasteiger partial charge in [-0.25, -0.2) is 9.59 Å². The van der Waals surface area contributed by atoms with Crippen molar-refractivity contribution in [2.45, 2.75) is 6.42 Å². The number of halogens is 1. The largest absolute Gasteiger partial charge is 0.465 e. The van der Waals surface area contributed by atoms with Crippen molar-refractivity contribution in [2.24, 2.45) is 0 Å². The number of esters is 2. The van der Waals surface area contributed by atoms with Crippen molar-refractivity contribution in [1.82, 2.24) is 0 Å². The Bertz CT molecular complexity index is 462. The van der Waals surface area contributed by atoms with E-state index in [9.17, 15) is 9.59 Å². The number of alkyl halides is 1. The standard InChI is InChI=1S/C13H16ClNO4/c1-18-12(16)9-4-5-10(13(17)19-2)11(8-9)15-7-3-6-14/h4-5,8,15H,3,6-7H2,1-2H3. The van der Waals surface area contributed by atoms with Gasteiger partial charge >= 0.3 is 11.9 Å². The molecule has 1 N–H and O–H groups in total. The van der Waals surface area contributed by atoms with Crippen LogP contribution in [0.3, 0.4) is 0 Å². The van der Waals surface area contributed by atoms with Crippen molar-refractivity contribution in [2.75, 3.05) is 32.0 Å². The zero-order valence-electron chi connectivity index (χ0n) is 10.9. The van der Waals surface area contributed by atoms with Gasteiger partial charge in [-0.3, -0.25) is 0 Å². The quantitative estimate of drug-likeness (QED) is 0.493. The van der Waals surface area contributed by atoms with Gasteiger partial charge in [-0.2, -0.15) is 0 Å². The molecule has 0 saturated carbocycles. The van der Waals surface area contributed by atoms with Crippen LogP contribution in [0, 0.1) is 0 Å². The Morgan fingerprint density at radius 2 is 1.89 bits per heavy atom. The predicted molar refractivity (Wildman–Crippen MR) is 72.9 cm³/mol. The van der Waals surface area contributed by atoms with Crippen molar-refractivity contribution in [3.05, 3.63) is 29.3 Å². The molecule has 1 aromatic carbocycles. The van der Waals surface area contributed by atoms with Gasteiger partial charge in [-0.05, 0) is 24.6 Å². The van der Waals surface area contributed by atoms with Crippen LogP contribution in [0.4, 0.5) is 5.69 Å². The van der Waals surface area contributed by atoms with Gasteiger partial charge in [0, 0.05) is 18.1 Å². The fraction of sp³-hybridized carbons (Fsp3) is 0.385. The summed E-state index contributed by atoms with van der Waals surface area (Å²) in [7, 11) is 2.61. The first-order valence-corrected chi connectivity index (χ1v) is 6.28. The third-order valence-electron chi connectivity index (χ3n) is 2.47. The second kappa shape index (κ2) is 7.63. The molecule has 1 aromatic rings. The molecule has 0 fully saturated rings. The van der Waals surface area contributed by atoms with E-state index in [-0.39, 0.29) is 0 Å². The molecule has 0 radical (unpaired) electrons. The van der Waals surface area contributed by atoms with Crippen LogP contribution >= 0.6 is 11.6 Å². The normalized spacial score (nSPS) is 9.84. The minimum atomic E-state index is -0.468. The maximum Gasteiger partial charge on any atom is 0.339 e. The Hall–Kier alpha value is -1.75. The number of nitrogens with one attached hydrogen (secondary N) is 1. The molecule has 104 valence electrons. The summed E-state index contributed by atoms with van der Waals surface area (Å²) in [6.07, 6.45) is 0.741. The number of ether oxygens (including phenoxy) is 2. The Morgan fingerprint density at radius 3 is 2.47 bits per heavy atom. The Morgan fingerprint density at radius 1 is 1.21 bits per heavy atom. The van der Waals surface area contributed by atoms with Gasteiger partial charge in [0.25, 0.3) is 0 Å². The number of benzene rings is 1. The number of rotatable bonds is 6. The third-order valence-corrected chi connectivity index (χ3v) is 2.74. The van der Waals surface area contributed by atoms with Gasteiger partial charge in [0.2, 0.25) is 0 Å². The summed E-state index contributed by atoms with van der Waals surface area (Å²) in [5.41, 5.74) is 1.26. The first-order chi connectivity index (χ1) is 9.13. The third kappa shape index (κ3) is 4.13. The van der Waals surface area contributed by atoms with Crippen molar-refractivity contribution in [1.29, 1.82) is 0 Å². The maximum absolute atomic E-state index is 11.6. The second-order valence-electron chi connectivity index (χ2n) is 3.71. The van der Waals surface area contributed by atoms with Crippen molar-refractivity contribution < 1.29 is 19.1 Å². The van der Waals surface area contributed by atoms with Crippen LogP contribution in [0.25, 0.3) is 0 Å². The van der Waals surface area contributed by atoms with Gasteiger partial charge in [0.05, 0.1) is 25.3 Å². The molecule has 1 rings (SSSR count). The number of methoxy groups -OCH3 is 2. The lowest BCUT2D eigenvalue weighted by Gasteiger charge is -2.11. The molecular weight excluding hydrogens is 270 g/mol. The minimum absolute atomic E-state index is 0.364. The summed E-state index contributed by atoms with van der Waals surface area (Å²) in [6.45, 7) is 0.595. The molecule has 0 aliphatic heterocycles. The SMILES string of the molecule is COC(=O)c1ccc(C(=O)OC)c(NCCCCl)c1. The minimum Gasteiger partial charge on any atom is -0.465 e. The van der Waals surface area contributed by atoms with E-state index in [0.29, 0.717) is 29.2 Å². The average molecular weight is 286 g/mol. The summed E-state index contributed by atoms with van der Waals surface area (Å²) >= 11 is 5.60. The van der Waals surface area contributed by atoms with Gasteiger partial charge in [0.1, 0.15) is 0 Å². The van der Waals surface area contributed by atoms with Crippen LogP contribution < -0.4 is 5.32 Å². The summed E-state index contributed by atoms with van der Waals surface area (Å²) in [5.74, 6) is -0.418. The van der Waals surface area contributed by atoms with Crippen molar-refractivity contribution in [3.63, 3.8) is 0 Å². The Labute approximate surface area is 116 Å². The van der Waals surface area contributed by atoms with Crippen LogP contribution in [0.5, 0.6) is 0 Å². The summed E-state index contributed by atoms with van der Waals surface area (Å²) in [4.78, 5) is 23.1. The first kappa shape index (κ1) is 15.3. The highest BCUT2D eigenvalue weighted by Crippen LogP contribution is 2.19. The van der Waals surface area contributed by atoms with Gasteiger partial charge in [-0.15, -0.1) is 11.6 Å². The monoisotopic (exact) mass is 285 g/mol. The van der Waals surface area contributed by atoms with E-state index in [1.807, 2.05) is 0 Å². The van der Waals surface area contributed by atoms with Gasteiger partial charge < -0.3 is 14.8 Å². The van der Waals surface area contributed by atoms with Crippen molar-refractivity contribution >= 4 is 29.2 Å². The lowest BCUT2D eigenvalue weighted by molar-refractivity contribution is 0.0587. The molecular formula is C13H16ClNO4. The Kier molecular flexibility index (Phi) is 6.15. The number of hydrogen-bond acceptors (Lipinski definition) is 5. The van der Waals surface area contributed by atoms with E-state index in [1.54, 1.807) is 6.07 Å². The smallest absolute Gasteiger partial charge is 0.339 e. The molecule has 19 heavy (non-hydrogen) atoms. The van der Waals surface area contributed by atoms with E-state index < -0.39 is 11.9 Å². The Balaban J connectivity index is 3.03. The van der Waals surface area contributed by atoms with E-state index >= 15 is 0 Å². The average Bonchev–Trinajstić information content (AvgIpc) is 2.45. The highest BCUT2D eigenvalue weighted by molar-refractivity contribution is 6.17. The predicted octanol–water partition coefficient (Wildman–Crippen LogP) is 2.30. The van der Waals surface area contributed by atoms with E-state index in [1.165, 1.54) is 26.4 Å². The number of carbonyl (C=O) groups excluding carboxylic acids is 2. The first-order valence-electron chi connectivity index (χ1n) is 5.74. The number of carbonyl (C=O) groups is 2. The molecule has 5 nitrogen and oxygen atoms in total. The molecule has 0 heterocycles. The van der Waals surface area contributed by atoms with Crippen LogP contribution in [0.15, 0.2) is 18.2 Å². The molecule has 0 saturated heterocycles. The molecule has 0 amide bonds. The summed E-state index contributed by atoms with van der Waals surface area (Å²) in [6, 6.07) is 4.61. The fourth-order valence-corrected chi connectivity index (χ4v) is 1.65. The van der Waals surface area contributed by atoms with E-state index in [0.717, 1.165) is 6.42 Å². The number of anilines is 1. The molecule has 0 aromatic heterocycles. The highest BCUT2D eigenvalue weighted by atomic mass is 35.5. The lowest BCUT2D eigenvalue weighted by atomic mass is 10.1. The zero-order valence-corrected chi connectivity index (χ0v) is 11.6. The summed E-state index contributed by atoms with van der Waals surface area (Å²) in [5, 5.41) is 3.06. The zero-order chi connectivity index (χ0) is 14.3. The maximum atomic E-state index is 11.6. The second-order valence-corrected chi connectivity index (χ2v) is 4.09. The molecule has 0 atom stereocenters. The molecule has 0 spiro atoms. The topological polar surface area (TPSA) is 64.6 Å².